The van der Waals surface area contributed by atoms with Gasteiger partial charge in [0.05, 0.1) is 6.04 Å². The van der Waals surface area contributed by atoms with E-state index in [-0.39, 0.29) is 12.1 Å². The first-order valence-electron chi connectivity index (χ1n) is 7.48. The van der Waals surface area contributed by atoms with Crippen molar-refractivity contribution < 1.29 is 9.53 Å². The third kappa shape index (κ3) is 4.97. The second-order valence-electron chi connectivity index (χ2n) is 6.52. The molecule has 1 aliphatic rings. The second kappa shape index (κ2) is 6.75. The first kappa shape index (κ1) is 16.2. The van der Waals surface area contributed by atoms with Gasteiger partial charge in [0.15, 0.2) is 0 Å². The number of thiazole rings is 1. The van der Waals surface area contributed by atoms with Gasteiger partial charge in [0.2, 0.25) is 0 Å². The van der Waals surface area contributed by atoms with Crippen molar-refractivity contribution in [3.63, 3.8) is 0 Å². The van der Waals surface area contributed by atoms with Crippen LogP contribution in [0, 0.1) is 0 Å². The summed E-state index contributed by atoms with van der Waals surface area (Å²) in [6, 6.07) is 0.513. The Morgan fingerprint density at radius 2 is 2.33 bits per heavy atom. The molecule has 2 atom stereocenters. The number of ether oxygens (including phenoxy) is 1. The quantitative estimate of drug-likeness (QED) is 0.931. The molecule has 0 aliphatic carbocycles. The molecule has 1 aromatic heterocycles. The molecule has 2 heterocycles. The van der Waals surface area contributed by atoms with Gasteiger partial charge in [-0.05, 0) is 40.5 Å². The minimum absolute atomic E-state index is 0.212. The lowest BCUT2D eigenvalue weighted by molar-refractivity contribution is 0.0184. The van der Waals surface area contributed by atoms with E-state index in [2.05, 4.69) is 17.2 Å². The van der Waals surface area contributed by atoms with Gasteiger partial charge in [-0.1, -0.05) is 0 Å². The molecule has 5 nitrogen and oxygen atoms in total. The number of piperidine rings is 1. The summed E-state index contributed by atoms with van der Waals surface area (Å²) in [6.45, 7) is 9.29. The van der Waals surface area contributed by atoms with Crippen molar-refractivity contribution in [2.24, 2.45) is 0 Å². The van der Waals surface area contributed by atoms with Crippen LogP contribution in [0.2, 0.25) is 0 Å². The van der Waals surface area contributed by atoms with Gasteiger partial charge >= 0.3 is 6.09 Å². The molecule has 0 aromatic carbocycles. The first-order chi connectivity index (χ1) is 9.85. The van der Waals surface area contributed by atoms with E-state index in [9.17, 15) is 4.79 Å². The fourth-order valence-electron chi connectivity index (χ4n) is 2.48. The van der Waals surface area contributed by atoms with E-state index >= 15 is 0 Å². The Kier molecular flexibility index (Phi) is 5.22. The number of carbonyl (C=O) groups is 1. The van der Waals surface area contributed by atoms with Gasteiger partial charge < -0.3 is 15.0 Å². The molecule has 118 valence electrons. The molecule has 0 saturated carbocycles. The fourth-order valence-corrected chi connectivity index (χ4v) is 3.13. The largest absolute Gasteiger partial charge is 0.444 e. The van der Waals surface area contributed by atoms with Crippen LogP contribution in [0.1, 0.15) is 51.6 Å². The molecule has 2 rings (SSSR count). The molecule has 0 radical (unpaired) electrons. The highest BCUT2D eigenvalue weighted by atomic mass is 32.1. The molecule has 0 bridgehead atoms. The smallest absolute Gasteiger partial charge is 0.410 e. The predicted octanol–water partition coefficient (Wildman–Crippen LogP) is 3.19. The summed E-state index contributed by atoms with van der Waals surface area (Å²) >= 11 is 1.66. The average molecular weight is 311 g/mol. The van der Waals surface area contributed by atoms with Gasteiger partial charge in [-0.15, -0.1) is 11.3 Å². The Morgan fingerprint density at radius 3 is 2.95 bits per heavy atom. The molecule has 0 spiro atoms. The van der Waals surface area contributed by atoms with Gasteiger partial charge in [0.1, 0.15) is 10.6 Å². The molecule has 1 N–H and O–H groups in total. The lowest BCUT2D eigenvalue weighted by atomic mass is 10.1. The van der Waals surface area contributed by atoms with Crippen molar-refractivity contribution in [3.05, 3.63) is 16.6 Å². The van der Waals surface area contributed by atoms with E-state index < -0.39 is 5.60 Å². The maximum absolute atomic E-state index is 12.1. The lowest BCUT2D eigenvalue weighted by Gasteiger charge is -2.35. The summed E-state index contributed by atoms with van der Waals surface area (Å²) in [7, 11) is 0. The van der Waals surface area contributed by atoms with Crippen LogP contribution < -0.4 is 5.32 Å². The monoisotopic (exact) mass is 311 g/mol. The lowest BCUT2D eigenvalue weighted by Crippen LogP contribution is -2.49. The van der Waals surface area contributed by atoms with E-state index in [1.165, 1.54) is 0 Å². The number of carbonyl (C=O) groups excluding carboxylic acids is 1. The maximum atomic E-state index is 12.1. The van der Waals surface area contributed by atoms with Crippen LogP contribution in [0.15, 0.2) is 11.6 Å². The zero-order chi connectivity index (χ0) is 15.5. The fraction of sp³-hybridized carbons (Fsp3) is 0.733. The molecule has 6 heteroatoms. The summed E-state index contributed by atoms with van der Waals surface area (Å²) in [4.78, 5) is 18.3. The SMILES string of the molecule is CC(N[C@H]1CCCN(C(=O)OC(C)(C)C)C1)c1nccs1. The molecular weight excluding hydrogens is 286 g/mol. The molecular formula is C15H25N3O2S. The number of nitrogens with one attached hydrogen (secondary N) is 1. The number of nitrogens with zero attached hydrogens (tertiary/aromatic N) is 2. The van der Waals surface area contributed by atoms with Crippen LogP contribution in [-0.2, 0) is 4.74 Å². The normalized spacial score (nSPS) is 21.1. The van der Waals surface area contributed by atoms with Crippen molar-refractivity contribution in [1.29, 1.82) is 0 Å². The minimum atomic E-state index is -0.439. The molecule has 21 heavy (non-hydrogen) atoms. The Morgan fingerprint density at radius 1 is 1.57 bits per heavy atom. The van der Waals surface area contributed by atoms with Crippen molar-refractivity contribution >= 4 is 17.4 Å². The highest BCUT2D eigenvalue weighted by Crippen LogP contribution is 2.20. The van der Waals surface area contributed by atoms with E-state index in [0.29, 0.717) is 12.6 Å². The van der Waals surface area contributed by atoms with E-state index in [0.717, 1.165) is 24.4 Å². The van der Waals surface area contributed by atoms with Crippen LogP contribution in [0.25, 0.3) is 0 Å². The summed E-state index contributed by atoms with van der Waals surface area (Å²) < 4.78 is 5.45. The van der Waals surface area contributed by atoms with Gasteiger partial charge in [-0.2, -0.15) is 0 Å². The van der Waals surface area contributed by atoms with Crippen molar-refractivity contribution in [3.8, 4) is 0 Å². The van der Waals surface area contributed by atoms with Crippen LogP contribution in [0.5, 0.6) is 0 Å². The minimum Gasteiger partial charge on any atom is -0.444 e. The molecule has 1 aromatic rings. The van der Waals surface area contributed by atoms with Crippen molar-refractivity contribution in [2.75, 3.05) is 13.1 Å². The summed E-state index contributed by atoms with van der Waals surface area (Å²) in [5.74, 6) is 0. The van der Waals surface area contributed by atoms with Crippen LogP contribution in [0.3, 0.4) is 0 Å². The van der Waals surface area contributed by atoms with Crippen molar-refractivity contribution in [2.45, 2.75) is 58.2 Å². The topological polar surface area (TPSA) is 54.5 Å². The summed E-state index contributed by atoms with van der Waals surface area (Å²) in [6.07, 6.45) is 3.69. The predicted molar refractivity (Wildman–Crippen MR) is 84.5 cm³/mol. The van der Waals surface area contributed by atoms with Crippen LogP contribution in [-0.4, -0.2) is 40.7 Å². The molecule has 1 unspecified atom stereocenters. The van der Waals surface area contributed by atoms with E-state index in [4.69, 9.17) is 4.74 Å². The van der Waals surface area contributed by atoms with Crippen molar-refractivity contribution in [1.82, 2.24) is 15.2 Å². The zero-order valence-corrected chi connectivity index (χ0v) is 14.1. The molecule has 1 amide bonds. The number of likely N-dealkylation sites (tertiary alicyclic amines) is 1. The zero-order valence-electron chi connectivity index (χ0n) is 13.3. The highest BCUT2D eigenvalue weighted by molar-refractivity contribution is 7.09. The summed E-state index contributed by atoms with van der Waals surface area (Å²) in [5.41, 5.74) is -0.439. The second-order valence-corrected chi connectivity index (χ2v) is 7.45. The van der Waals surface area contributed by atoms with Crippen LogP contribution in [0.4, 0.5) is 4.79 Å². The third-order valence-electron chi connectivity index (χ3n) is 3.38. The van der Waals surface area contributed by atoms with Gasteiger partial charge in [-0.25, -0.2) is 9.78 Å². The summed E-state index contributed by atoms with van der Waals surface area (Å²) in [5, 5.41) is 6.64. The van der Waals surface area contributed by atoms with Gasteiger partial charge in [-0.3, -0.25) is 0 Å². The Labute approximate surface area is 130 Å². The standard InChI is InChI=1S/C15H25N3O2S/c1-11(13-16-7-9-21-13)17-12-6-5-8-18(10-12)14(19)20-15(2,3)4/h7,9,11-12,17H,5-6,8,10H2,1-4H3/t11?,12-/m0/s1. The maximum Gasteiger partial charge on any atom is 0.410 e. The van der Waals surface area contributed by atoms with Gasteiger partial charge in [0, 0.05) is 30.7 Å². The first-order valence-corrected chi connectivity index (χ1v) is 8.36. The molecule has 1 saturated heterocycles. The van der Waals surface area contributed by atoms with Crippen LogP contribution >= 0.6 is 11.3 Å². The Hall–Kier alpha value is -1.14. The molecule has 1 aliphatic heterocycles. The van der Waals surface area contributed by atoms with E-state index in [1.807, 2.05) is 32.3 Å². The van der Waals surface area contributed by atoms with E-state index in [1.54, 1.807) is 16.2 Å². The number of hydrogen-bond donors (Lipinski definition) is 1. The average Bonchev–Trinajstić information content (AvgIpc) is 2.91. The van der Waals surface area contributed by atoms with Gasteiger partial charge in [0.25, 0.3) is 0 Å². The Bertz CT molecular complexity index is 456. The Balaban J connectivity index is 1.87. The number of aromatic nitrogens is 1. The number of hydrogen-bond acceptors (Lipinski definition) is 5. The number of rotatable bonds is 3. The number of amides is 1. The third-order valence-corrected chi connectivity index (χ3v) is 4.34. The molecule has 1 fully saturated rings. The highest BCUT2D eigenvalue weighted by Gasteiger charge is 2.28.